The monoisotopic (exact) mass is 322 g/mol. The molecule has 0 aliphatic rings. The molecule has 2 aromatic heterocycles. The van der Waals surface area contributed by atoms with Gasteiger partial charge in [-0.25, -0.2) is 18.1 Å². The van der Waals surface area contributed by atoms with Gasteiger partial charge in [0.25, 0.3) is 0 Å². The van der Waals surface area contributed by atoms with Crippen molar-refractivity contribution in [3.63, 3.8) is 0 Å². The van der Waals surface area contributed by atoms with Crippen LogP contribution >= 0.6 is 11.3 Å². The summed E-state index contributed by atoms with van der Waals surface area (Å²) in [5.74, 6) is 5.42. The van der Waals surface area contributed by atoms with E-state index in [1.165, 1.54) is 29.8 Å². The zero-order valence-corrected chi connectivity index (χ0v) is 12.7. The third kappa shape index (κ3) is 4.61. The molecule has 0 fully saturated rings. The van der Waals surface area contributed by atoms with Crippen molar-refractivity contribution < 1.29 is 8.42 Å². The van der Waals surface area contributed by atoms with Gasteiger partial charge in [-0.15, -0.1) is 11.3 Å². The highest BCUT2D eigenvalue weighted by atomic mass is 32.2. The number of aromatic nitrogens is 2. The van der Waals surface area contributed by atoms with Crippen LogP contribution in [0, 0.1) is 11.8 Å². The average Bonchev–Trinajstić information content (AvgIpc) is 2.98. The third-order valence-corrected chi connectivity index (χ3v) is 4.74. The fraction of sp³-hybridized carbons (Fsp3) is 0.231. The lowest BCUT2D eigenvalue weighted by Crippen LogP contribution is -2.26. The Morgan fingerprint density at radius 3 is 2.95 bits per heavy atom. The Labute approximate surface area is 127 Å². The number of nitrogens with one attached hydrogen (secondary N) is 1. The van der Waals surface area contributed by atoms with Crippen LogP contribution in [0.4, 0.5) is 0 Å². The molecule has 0 radical (unpaired) electrons. The first kappa shape index (κ1) is 15.6. The minimum Gasteiger partial charge on any atom is -0.320 e. The van der Waals surface area contributed by atoms with Crippen LogP contribution in [0.3, 0.4) is 0 Å². The Hall–Kier alpha value is -1.79. The molecule has 0 spiro atoms. The number of pyridine rings is 1. The van der Waals surface area contributed by atoms with Crippen molar-refractivity contribution >= 4 is 21.4 Å². The summed E-state index contributed by atoms with van der Waals surface area (Å²) in [7, 11) is -3.60. The first-order valence-corrected chi connectivity index (χ1v) is 8.50. The number of sulfonamides is 1. The molecule has 0 unspecified atom stereocenters. The van der Waals surface area contributed by atoms with Gasteiger partial charge < -0.3 is 5.73 Å². The minimum absolute atomic E-state index is 0.0884. The maximum absolute atomic E-state index is 12.1. The Morgan fingerprint density at radius 1 is 1.38 bits per heavy atom. The van der Waals surface area contributed by atoms with Gasteiger partial charge in [0.1, 0.15) is 4.90 Å². The Bertz CT molecular complexity index is 746. The summed E-state index contributed by atoms with van der Waals surface area (Å²) < 4.78 is 26.8. The quantitative estimate of drug-likeness (QED) is 0.775. The normalized spacial score (nSPS) is 10.9. The highest BCUT2D eigenvalue weighted by Gasteiger charge is 2.14. The third-order valence-electron chi connectivity index (χ3n) is 2.47. The van der Waals surface area contributed by atoms with Crippen LogP contribution in [-0.2, 0) is 16.4 Å². The zero-order chi connectivity index (χ0) is 15.1. The van der Waals surface area contributed by atoms with Crippen LogP contribution in [0.5, 0.6) is 0 Å². The van der Waals surface area contributed by atoms with Crippen molar-refractivity contribution in [1.29, 1.82) is 0 Å². The van der Waals surface area contributed by atoms with Gasteiger partial charge in [-0.1, -0.05) is 11.8 Å². The van der Waals surface area contributed by atoms with E-state index < -0.39 is 10.0 Å². The fourth-order valence-corrected chi connectivity index (χ4v) is 3.18. The lowest BCUT2D eigenvalue weighted by Gasteiger charge is -2.05. The predicted octanol–water partition coefficient (Wildman–Crippen LogP) is 0.369. The van der Waals surface area contributed by atoms with Gasteiger partial charge >= 0.3 is 0 Å². The van der Waals surface area contributed by atoms with E-state index in [4.69, 9.17) is 5.73 Å². The first-order valence-electron chi connectivity index (χ1n) is 6.14. The predicted molar refractivity (Wildman–Crippen MR) is 81.2 cm³/mol. The van der Waals surface area contributed by atoms with E-state index in [-0.39, 0.29) is 18.0 Å². The van der Waals surface area contributed by atoms with E-state index in [0.717, 1.165) is 5.01 Å². The smallest absolute Gasteiger partial charge is 0.242 e. The molecule has 2 heterocycles. The zero-order valence-electron chi connectivity index (χ0n) is 11.1. The molecule has 0 amide bonds. The summed E-state index contributed by atoms with van der Waals surface area (Å²) in [5, 5.41) is 2.74. The summed E-state index contributed by atoms with van der Waals surface area (Å²) in [6.45, 7) is 0.498. The summed E-state index contributed by atoms with van der Waals surface area (Å²) in [4.78, 5) is 8.08. The molecule has 3 N–H and O–H groups in total. The van der Waals surface area contributed by atoms with E-state index in [1.54, 1.807) is 6.20 Å². The number of rotatable bonds is 5. The fourth-order valence-electron chi connectivity index (χ4n) is 1.54. The molecule has 0 aliphatic heterocycles. The maximum Gasteiger partial charge on any atom is 0.242 e. The summed E-state index contributed by atoms with van der Waals surface area (Å²) in [6.07, 6.45) is 5.03. The van der Waals surface area contributed by atoms with E-state index in [0.29, 0.717) is 12.0 Å². The van der Waals surface area contributed by atoms with Gasteiger partial charge in [-0.05, 0) is 6.07 Å². The van der Waals surface area contributed by atoms with E-state index in [1.807, 2.05) is 5.38 Å². The lowest BCUT2D eigenvalue weighted by atomic mass is 10.3. The molecule has 6 nitrogen and oxygen atoms in total. The highest BCUT2D eigenvalue weighted by Crippen LogP contribution is 2.09. The van der Waals surface area contributed by atoms with Crippen molar-refractivity contribution in [2.45, 2.75) is 11.3 Å². The van der Waals surface area contributed by atoms with Crippen LogP contribution in [0.25, 0.3) is 0 Å². The van der Waals surface area contributed by atoms with Crippen molar-refractivity contribution in [1.82, 2.24) is 14.7 Å². The average molecular weight is 322 g/mol. The minimum atomic E-state index is -3.60. The van der Waals surface area contributed by atoms with Crippen LogP contribution in [0.15, 0.2) is 34.9 Å². The SMILES string of the molecule is NCC#Cc1cncc(S(=O)(=O)NCCc2nccs2)c1. The summed E-state index contributed by atoms with van der Waals surface area (Å²) >= 11 is 1.49. The van der Waals surface area contributed by atoms with E-state index in [2.05, 4.69) is 26.5 Å². The van der Waals surface area contributed by atoms with Crippen molar-refractivity contribution in [2.75, 3.05) is 13.1 Å². The Kier molecular flexibility index (Phi) is 5.41. The molecular weight excluding hydrogens is 308 g/mol. The number of hydrogen-bond acceptors (Lipinski definition) is 6. The topological polar surface area (TPSA) is 98.0 Å². The van der Waals surface area contributed by atoms with Gasteiger partial charge in [0.15, 0.2) is 0 Å². The molecule has 2 rings (SSSR count). The molecule has 0 aromatic carbocycles. The largest absolute Gasteiger partial charge is 0.320 e. The second-order valence-corrected chi connectivity index (χ2v) is 6.73. The Balaban J connectivity index is 2.04. The maximum atomic E-state index is 12.1. The van der Waals surface area contributed by atoms with Crippen molar-refractivity contribution in [3.8, 4) is 11.8 Å². The first-order chi connectivity index (χ1) is 10.1. The molecule has 2 aromatic rings. The van der Waals surface area contributed by atoms with Crippen molar-refractivity contribution in [3.05, 3.63) is 40.6 Å². The van der Waals surface area contributed by atoms with Gasteiger partial charge in [0.2, 0.25) is 10.0 Å². The van der Waals surface area contributed by atoms with Crippen LogP contribution in [0.1, 0.15) is 10.6 Å². The van der Waals surface area contributed by atoms with Crippen LogP contribution < -0.4 is 10.5 Å². The van der Waals surface area contributed by atoms with E-state index in [9.17, 15) is 8.42 Å². The van der Waals surface area contributed by atoms with Gasteiger partial charge in [0, 0.05) is 42.5 Å². The van der Waals surface area contributed by atoms with Crippen LogP contribution in [-0.4, -0.2) is 31.5 Å². The Morgan fingerprint density at radius 2 is 2.24 bits per heavy atom. The molecule has 21 heavy (non-hydrogen) atoms. The molecule has 0 aliphatic carbocycles. The van der Waals surface area contributed by atoms with Gasteiger partial charge in [-0.3, -0.25) is 4.98 Å². The van der Waals surface area contributed by atoms with Gasteiger partial charge in [0.05, 0.1) is 11.6 Å². The summed E-state index contributed by atoms with van der Waals surface area (Å²) in [5.41, 5.74) is 5.80. The lowest BCUT2D eigenvalue weighted by molar-refractivity contribution is 0.581. The molecular formula is C13H14N4O2S2. The molecule has 0 bridgehead atoms. The molecule has 0 saturated carbocycles. The second kappa shape index (κ2) is 7.28. The van der Waals surface area contributed by atoms with Crippen LogP contribution in [0.2, 0.25) is 0 Å². The van der Waals surface area contributed by atoms with Crippen molar-refractivity contribution in [2.24, 2.45) is 5.73 Å². The molecule has 0 atom stereocenters. The van der Waals surface area contributed by atoms with Gasteiger partial charge in [-0.2, -0.15) is 0 Å². The number of nitrogens with zero attached hydrogens (tertiary/aromatic N) is 2. The molecule has 0 saturated heterocycles. The highest BCUT2D eigenvalue weighted by molar-refractivity contribution is 7.89. The standard InChI is InChI=1S/C13H14N4O2S2/c14-4-1-2-11-8-12(10-15-9-11)21(18,19)17-5-3-13-16-6-7-20-13/h6-10,17H,3-5,14H2. The number of nitrogens with two attached hydrogens (primary N) is 1. The second-order valence-electron chi connectivity index (χ2n) is 3.99. The summed E-state index contributed by atoms with van der Waals surface area (Å²) in [6, 6.07) is 1.47. The number of thiazole rings is 1. The van der Waals surface area contributed by atoms with E-state index >= 15 is 0 Å². The molecule has 110 valence electrons. The molecule has 8 heteroatoms. The number of hydrogen-bond donors (Lipinski definition) is 2.